The van der Waals surface area contributed by atoms with Crippen molar-refractivity contribution < 1.29 is 14.3 Å². The minimum Gasteiger partial charge on any atom is -0.436 e. The van der Waals surface area contributed by atoms with Gasteiger partial charge in [0.05, 0.1) is 0 Å². The van der Waals surface area contributed by atoms with Crippen LogP contribution in [0.2, 0.25) is 0 Å². The van der Waals surface area contributed by atoms with Gasteiger partial charge in [0.15, 0.2) is 6.10 Å². The molecule has 1 atom stereocenters. The normalized spacial score (nSPS) is 11.4. The summed E-state index contributed by atoms with van der Waals surface area (Å²) in [4.78, 5) is 21.2. The second-order valence-corrected chi connectivity index (χ2v) is 2.06. The summed E-state index contributed by atoms with van der Waals surface area (Å²) in [6.07, 6.45) is -0.110. The van der Waals surface area contributed by atoms with Gasteiger partial charge in [-0.3, -0.25) is 4.79 Å². The minimum absolute atomic E-state index is 0.253. The molecule has 0 spiro atoms. The number of rotatable bonds is 4. The molecule has 0 saturated carbocycles. The monoisotopic (exact) mass is 172 g/mol. The molecule has 0 bridgehead atoms. The minimum atomic E-state index is -0.967. The fourth-order valence-corrected chi connectivity index (χ4v) is 0.661. The smallest absolute Gasteiger partial charge is 0.405 e. The largest absolute Gasteiger partial charge is 0.436 e. The first-order chi connectivity index (χ1) is 5.61. The molecule has 0 saturated heterocycles. The fraction of sp³-hybridized carbons (Fsp3) is 0.429. The summed E-state index contributed by atoms with van der Waals surface area (Å²) in [6.45, 7) is 3.41. The van der Waals surface area contributed by atoms with Crippen LogP contribution in [0.25, 0.3) is 0 Å². The molecule has 0 fully saturated rings. The summed E-state index contributed by atoms with van der Waals surface area (Å²) in [6, 6.07) is 0. The number of ether oxygens (including phenoxy) is 1. The van der Waals surface area contributed by atoms with Crippen LogP contribution in [0.4, 0.5) is 4.79 Å². The van der Waals surface area contributed by atoms with Crippen molar-refractivity contribution in [2.75, 3.05) is 7.05 Å². The van der Waals surface area contributed by atoms with Gasteiger partial charge in [0.25, 0.3) is 5.91 Å². The van der Waals surface area contributed by atoms with Crippen molar-refractivity contribution in [1.29, 1.82) is 0 Å². The molecule has 0 aromatic rings. The second-order valence-electron chi connectivity index (χ2n) is 2.06. The van der Waals surface area contributed by atoms with Crippen LogP contribution in [-0.2, 0) is 9.53 Å². The maximum Gasteiger partial charge on any atom is 0.405 e. The van der Waals surface area contributed by atoms with Crippen LogP contribution >= 0.6 is 0 Å². The van der Waals surface area contributed by atoms with Crippen molar-refractivity contribution in [3.63, 3.8) is 0 Å². The Hall–Kier alpha value is -1.52. The Kier molecular flexibility index (Phi) is 4.52. The third kappa shape index (κ3) is 3.60. The van der Waals surface area contributed by atoms with Gasteiger partial charge in [0.2, 0.25) is 0 Å². The Labute approximate surface area is 70.6 Å². The maximum atomic E-state index is 10.9. The Balaban J connectivity index is 4.11. The lowest BCUT2D eigenvalue weighted by atomic mass is 10.2. The predicted octanol–water partition coefficient (Wildman–Crippen LogP) is -0.228. The van der Waals surface area contributed by atoms with Gasteiger partial charge in [0.1, 0.15) is 0 Å². The highest BCUT2D eigenvalue weighted by atomic mass is 16.6. The Morgan fingerprint density at radius 3 is 2.67 bits per heavy atom. The van der Waals surface area contributed by atoms with Gasteiger partial charge in [-0.05, 0) is 0 Å². The second kappa shape index (κ2) is 5.17. The molecular weight excluding hydrogens is 160 g/mol. The van der Waals surface area contributed by atoms with E-state index in [0.29, 0.717) is 0 Å². The van der Waals surface area contributed by atoms with Gasteiger partial charge >= 0.3 is 6.09 Å². The first-order valence-corrected chi connectivity index (χ1v) is 3.40. The van der Waals surface area contributed by atoms with E-state index < -0.39 is 18.1 Å². The number of likely N-dealkylation sites (N-methyl/N-ethyl adjacent to an activating group) is 1. The number of amides is 2. The molecule has 5 heteroatoms. The zero-order chi connectivity index (χ0) is 9.56. The number of nitrogens with one attached hydrogen (secondary N) is 1. The lowest BCUT2D eigenvalue weighted by Crippen LogP contribution is -2.36. The molecule has 0 aliphatic carbocycles. The maximum absolute atomic E-state index is 10.9. The van der Waals surface area contributed by atoms with E-state index in [1.807, 2.05) is 0 Å². The lowest BCUT2D eigenvalue weighted by molar-refractivity contribution is -0.128. The molecule has 0 aliphatic rings. The highest BCUT2D eigenvalue weighted by Crippen LogP contribution is 1.98. The number of nitrogens with two attached hydrogens (primary N) is 1. The van der Waals surface area contributed by atoms with Gasteiger partial charge < -0.3 is 15.8 Å². The van der Waals surface area contributed by atoms with E-state index in [-0.39, 0.29) is 6.42 Å². The predicted molar refractivity (Wildman–Crippen MR) is 43.3 cm³/mol. The molecule has 12 heavy (non-hydrogen) atoms. The average molecular weight is 172 g/mol. The van der Waals surface area contributed by atoms with Crippen molar-refractivity contribution in [1.82, 2.24) is 5.32 Å². The van der Waals surface area contributed by atoms with Gasteiger partial charge in [0, 0.05) is 13.5 Å². The van der Waals surface area contributed by atoms with Gasteiger partial charge in [-0.25, -0.2) is 4.79 Å². The molecule has 3 N–H and O–H groups in total. The Morgan fingerprint density at radius 1 is 1.75 bits per heavy atom. The molecule has 68 valence electrons. The van der Waals surface area contributed by atoms with E-state index in [2.05, 4.69) is 16.6 Å². The summed E-state index contributed by atoms with van der Waals surface area (Å²) in [7, 11) is 1.45. The van der Waals surface area contributed by atoms with Gasteiger partial charge in [-0.2, -0.15) is 0 Å². The van der Waals surface area contributed by atoms with Crippen LogP contribution in [-0.4, -0.2) is 25.2 Å². The molecule has 0 unspecified atom stereocenters. The summed E-state index contributed by atoms with van der Waals surface area (Å²) in [5.74, 6) is -0.395. The number of carbonyl (C=O) groups excluding carboxylic acids is 2. The van der Waals surface area contributed by atoms with E-state index >= 15 is 0 Å². The van der Waals surface area contributed by atoms with Crippen LogP contribution in [0, 0.1) is 0 Å². The van der Waals surface area contributed by atoms with Crippen LogP contribution in [0.3, 0.4) is 0 Å². The van der Waals surface area contributed by atoms with E-state index in [9.17, 15) is 9.59 Å². The SMILES string of the molecule is C=CC[C@H](OC(N)=O)C(=O)NC. The molecule has 2 amide bonds. The van der Waals surface area contributed by atoms with Crippen LogP contribution < -0.4 is 11.1 Å². The highest BCUT2D eigenvalue weighted by Gasteiger charge is 2.18. The molecule has 0 heterocycles. The number of carbonyl (C=O) groups is 2. The zero-order valence-electron chi connectivity index (χ0n) is 6.87. The fourth-order valence-electron chi connectivity index (χ4n) is 0.661. The van der Waals surface area contributed by atoms with Gasteiger partial charge in [-0.1, -0.05) is 6.08 Å². The van der Waals surface area contributed by atoms with Crippen LogP contribution in [0.5, 0.6) is 0 Å². The third-order valence-electron chi connectivity index (χ3n) is 1.18. The lowest BCUT2D eigenvalue weighted by Gasteiger charge is -2.12. The molecular formula is C7H12N2O3. The molecule has 0 aromatic heterocycles. The van der Waals surface area contributed by atoms with Crippen molar-refractivity contribution in [3.8, 4) is 0 Å². The first-order valence-electron chi connectivity index (χ1n) is 3.40. The van der Waals surface area contributed by atoms with E-state index in [4.69, 9.17) is 5.73 Å². The van der Waals surface area contributed by atoms with Crippen LogP contribution in [0.1, 0.15) is 6.42 Å². The highest BCUT2D eigenvalue weighted by molar-refractivity contribution is 5.83. The Bertz CT molecular complexity index is 191. The number of hydrogen-bond donors (Lipinski definition) is 2. The van der Waals surface area contributed by atoms with E-state index in [1.54, 1.807) is 0 Å². The summed E-state index contributed by atoms with van der Waals surface area (Å²) in [5, 5.41) is 2.34. The summed E-state index contributed by atoms with van der Waals surface area (Å²) < 4.78 is 4.50. The first kappa shape index (κ1) is 10.5. The van der Waals surface area contributed by atoms with Crippen molar-refractivity contribution >= 4 is 12.0 Å². The molecule has 0 aromatic carbocycles. The third-order valence-corrected chi connectivity index (χ3v) is 1.18. The standard InChI is InChI=1S/C7H12N2O3/c1-3-4-5(6(10)9-2)12-7(8)11/h3,5H,1,4H2,2H3,(H2,8,11)(H,9,10)/t5-/m0/s1. The zero-order valence-corrected chi connectivity index (χ0v) is 6.87. The topological polar surface area (TPSA) is 81.4 Å². The summed E-state index contributed by atoms with van der Waals surface area (Å²) >= 11 is 0. The quantitative estimate of drug-likeness (QED) is 0.575. The van der Waals surface area contributed by atoms with Crippen LogP contribution in [0.15, 0.2) is 12.7 Å². The number of hydrogen-bond acceptors (Lipinski definition) is 3. The van der Waals surface area contributed by atoms with Crippen molar-refractivity contribution in [2.45, 2.75) is 12.5 Å². The van der Waals surface area contributed by atoms with Gasteiger partial charge in [-0.15, -0.1) is 6.58 Å². The van der Waals surface area contributed by atoms with E-state index in [1.165, 1.54) is 13.1 Å². The molecule has 0 radical (unpaired) electrons. The average Bonchev–Trinajstić information content (AvgIpc) is 2.01. The Morgan fingerprint density at radius 2 is 2.33 bits per heavy atom. The number of primary amides is 1. The van der Waals surface area contributed by atoms with Crippen molar-refractivity contribution in [3.05, 3.63) is 12.7 Å². The summed E-state index contributed by atoms with van der Waals surface area (Å²) in [5.41, 5.74) is 4.74. The van der Waals surface area contributed by atoms with Crippen molar-refractivity contribution in [2.24, 2.45) is 5.73 Å². The molecule has 0 aliphatic heterocycles. The van der Waals surface area contributed by atoms with E-state index in [0.717, 1.165) is 0 Å². The molecule has 0 rings (SSSR count). The molecule has 5 nitrogen and oxygen atoms in total.